The molecule has 0 saturated heterocycles. The maximum absolute atomic E-state index is 12.7. The highest BCUT2D eigenvalue weighted by Crippen LogP contribution is 2.32. The molecular weight excluding hydrogens is 376 g/mol. The van der Waals surface area contributed by atoms with Crippen molar-refractivity contribution in [2.75, 3.05) is 18.6 Å². The summed E-state index contributed by atoms with van der Waals surface area (Å²) in [5.74, 6) is -1.20. The van der Waals surface area contributed by atoms with Crippen LogP contribution in [0.3, 0.4) is 0 Å². The van der Waals surface area contributed by atoms with Gasteiger partial charge in [-0.05, 0) is 43.0 Å². The van der Waals surface area contributed by atoms with Gasteiger partial charge < -0.3 is 5.32 Å². The van der Waals surface area contributed by atoms with E-state index in [0.29, 0.717) is 12.8 Å². The van der Waals surface area contributed by atoms with Crippen LogP contribution < -0.4 is 5.32 Å². The van der Waals surface area contributed by atoms with Gasteiger partial charge in [-0.1, -0.05) is 12.8 Å². The lowest BCUT2D eigenvalue weighted by molar-refractivity contribution is -0.127. The highest BCUT2D eigenvalue weighted by Gasteiger charge is 2.34. The molecule has 2 unspecified atom stereocenters. The van der Waals surface area contributed by atoms with Crippen molar-refractivity contribution in [3.63, 3.8) is 0 Å². The summed E-state index contributed by atoms with van der Waals surface area (Å²) in [7, 11) is -7.04. The lowest BCUT2D eigenvalue weighted by Gasteiger charge is -2.30. The predicted octanol–water partition coefficient (Wildman–Crippen LogP) is 1.31. The second-order valence-corrected chi connectivity index (χ2v) is 10.6. The summed E-state index contributed by atoms with van der Waals surface area (Å²) in [6.45, 7) is -0.0955. The predicted molar refractivity (Wildman–Crippen MR) is 95.7 cm³/mol. The van der Waals surface area contributed by atoms with Crippen molar-refractivity contribution in [1.82, 2.24) is 5.32 Å². The minimum atomic E-state index is -3.65. The summed E-state index contributed by atoms with van der Waals surface area (Å²) in [4.78, 5) is 12.3. The first kappa shape index (κ1) is 20.4. The highest BCUT2D eigenvalue weighted by atomic mass is 32.2. The van der Waals surface area contributed by atoms with E-state index in [1.807, 2.05) is 6.07 Å². The number of benzene rings is 1. The molecular formula is C17H22N2O5S2. The van der Waals surface area contributed by atoms with Crippen molar-refractivity contribution in [3.8, 4) is 6.07 Å². The Morgan fingerprint density at radius 2 is 1.69 bits per heavy atom. The van der Waals surface area contributed by atoms with Crippen LogP contribution in [0.5, 0.6) is 0 Å². The zero-order valence-electron chi connectivity index (χ0n) is 14.5. The topological polar surface area (TPSA) is 121 Å². The number of hydrogen-bond donors (Lipinski definition) is 1. The van der Waals surface area contributed by atoms with Crippen LogP contribution in [-0.4, -0.2) is 41.3 Å². The minimum absolute atomic E-state index is 0.0478. The molecule has 0 spiro atoms. The second kappa shape index (κ2) is 8.18. The van der Waals surface area contributed by atoms with E-state index in [-0.39, 0.29) is 33.9 Å². The van der Waals surface area contributed by atoms with E-state index in [0.717, 1.165) is 19.1 Å². The summed E-state index contributed by atoms with van der Waals surface area (Å²) in [5, 5.41) is 11.1. The number of nitrogens with one attached hydrogen (secondary N) is 1. The summed E-state index contributed by atoms with van der Waals surface area (Å²) < 4.78 is 48.4. The fourth-order valence-corrected chi connectivity index (χ4v) is 5.62. The Hall–Kier alpha value is -1.92. The van der Waals surface area contributed by atoms with Gasteiger partial charge in [0.1, 0.15) is 6.54 Å². The Kier molecular flexibility index (Phi) is 6.42. The Labute approximate surface area is 154 Å². The molecule has 1 aromatic carbocycles. The Bertz CT molecular complexity index is 899. The van der Waals surface area contributed by atoms with Gasteiger partial charge in [-0.15, -0.1) is 0 Å². The lowest BCUT2D eigenvalue weighted by Crippen LogP contribution is -2.39. The van der Waals surface area contributed by atoms with E-state index in [2.05, 4.69) is 5.32 Å². The fraction of sp³-hybridized carbons (Fsp3) is 0.529. The van der Waals surface area contributed by atoms with Crippen molar-refractivity contribution in [2.24, 2.45) is 11.8 Å². The third-order valence-electron chi connectivity index (χ3n) is 4.63. The summed E-state index contributed by atoms with van der Waals surface area (Å²) >= 11 is 0. The van der Waals surface area contributed by atoms with E-state index in [4.69, 9.17) is 5.26 Å². The molecule has 1 aliphatic carbocycles. The average Bonchev–Trinajstić information content (AvgIpc) is 2.59. The van der Waals surface area contributed by atoms with E-state index < -0.39 is 25.6 Å². The van der Waals surface area contributed by atoms with Crippen molar-refractivity contribution in [3.05, 3.63) is 24.3 Å². The molecule has 0 bridgehead atoms. The third-order valence-corrected chi connectivity index (χ3v) is 7.62. The quantitative estimate of drug-likeness (QED) is 0.721. The van der Waals surface area contributed by atoms with Crippen LogP contribution in [-0.2, 0) is 24.5 Å². The van der Waals surface area contributed by atoms with Crippen molar-refractivity contribution >= 4 is 25.6 Å². The lowest BCUT2D eigenvalue weighted by atomic mass is 9.80. The van der Waals surface area contributed by atoms with Gasteiger partial charge in [0.25, 0.3) is 0 Å². The highest BCUT2D eigenvalue weighted by molar-refractivity contribution is 7.91. The molecule has 0 heterocycles. The number of hydrogen-bond acceptors (Lipinski definition) is 6. The van der Waals surface area contributed by atoms with Crippen LogP contribution in [0.15, 0.2) is 34.1 Å². The van der Waals surface area contributed by atoms with Crippen LogP contribution in [0.1, 0.15) is 25.7 Å². The van der Waals surface area contributed by atoms with Crippen molar-refractivity contribution in [1.29, 1.82) is 5.26 Å². The second-order valence-electron chi connectivity index (χ2n) is 6.55. The van der Waals surface area contributed by atoms with Gasteiger partial charge in [-0.3, -0.25) is 4.79 Å². The normalized spacial score (nSPS) is 20.9. The van der Waals surface area contributed by atoms with Gasteiger partial charge in [0, 0.05) is 12.2 Å². The first-order valence-electron chi connectivity index (χ1n) is 8.32. The minimum Gasteiger partial charge on any atom is -0.343 e. The van der Waals surface area contributed by atoms with Crippen LogP contribution in [0.4, 0.5) is 0 Å². The molecule has 1 saturated carbocycles. The molecule has 1 fully saturated rings. The van der Waals surface area contributed by atoms with Crippen LogP contribution in [0, 0.1) is 23.2 Å². The number of sulfone groups is 2. The Balaban J connectivity index is 2.18. The molecule has 1 amide bonds. The molecule has 1 aromatic rings. The van der Waals surface area contributed by atoms with Crippen molar-refractivity contribution in [2.45, 2.75) is 35.5 Å². The molecule has 0 aliphatic heterocycles. The number of carbonyl (C=O) groups excluding carboxylic acids is 1. The summed E-state index contributed by atoms with van der Waals surface area (Å²) in [5.41, 5.74) is 0. The van der Waals surface area contributed by atoms with E-state index >= 15 is 0 Å². The maximum Gasteiger partial charge on any atom is 0.224 e. The molecule has 26 heavy (non-hydrogen) atoms. The molecule has 7 nitrogen and oxygen atoms in total. The molecule has 0 aromatic heterocycles. The van der Waals surface area contributed by atoms with E-state index in [1.54, 1.807) is 0 Å². The van der Waals surface area contributed by atoms with Gasteiger partial charge in [-0.25, -0.2) is 16.8 Å². The number of rotatable bonds is 6. The van der Waals surface area contributed by atoms with E-state index in [1.165, 1.54) is 24.3 Å². The van der Waals surface area contributed by atoms with Gasteiger partial charge in [0.05, 0.1) is 21.6 Å². The first-order chi connectivity index (χ1) is 12.1. The summed E-state index contributed by atoms with van der Waals surface area (Å²) in [6.07, 6.45) is 4.00. The van der Waals surface area contributed by atoms with Gasteiger partial charge >= 0.3 is 0 Å². The molecule has 1 aliphatic rings. The third kappa shape index (κ3) is 5.05. The standard InChI is InChI=1S/C17H22N2O5S2/c1-25(21,22)14-6-8-15(9-7-14)26(23,24)12-13-4-2-3-5-16(13)17(20)19-11-10-18/h6-9,13,16H,2-5,11-12H2,1H3,(H,19,20). The number of amides is 1. The first-order valence-corrected chi connectivity index (χ1v) is 11.9. The van der Waals surface area contributed by atoms with Gasteiger partial charge in [0.2, 0.25) is 5.91 Å². The molecule has 1 N–H and O–H groups in total. The molecule has 142 valence electrons. The molecule has 2 atom stereocenters. The average molecular weight is 399 g/mol. The zero-order valence-corrected chi connectivity index (χ0v) is 16.1. The number of nitriles is 1. The van der Waals surface area contributed by atoms with E-state index in [9.17, 15) is 21.6 Å². The fourth-order valence-electron chi connectivity index (χ4n) is 3.28. The number of nitrogens with zero attached hydrogens (tertiary/aromatic N) is 1. The molecule has 0 radical (unpaired) electrons. The SMILES string of the molecule is CS(=O)(=O)c1ccc(S(=O)(=O)CC2CCCCC2C(=O)NCC#N)cc1. The Morgan fingerprint density at radius 3 is 2.27 bits per heavy atom. The van der Waals surface area contributed by atoms with Gasteiger partial charge in [-0.2, -0.15) is 5.26 Å². The molecule has 2 rings (SSSR count). The molecule has 9 heteroatoms. The van der Waals surface area contributed by atoms with Crippen LogP contribution >= 0.6 is 0 Å². The van der Waals surface area contributed by atoms with Crippen LogP contribution in [0.2, 0.25) is 0 Å². The Morgan fingerprint density at radius 1 is 1.12 bits per heavy atom. The zero-order chi connectivity index (χ0) is 19.4. The summed E-state index contributed by atoms with van der Waals surface area (Å²) in [6, 6.07) is 6.98. The maximum atomic E-state index is 12.7. The monoisotopic (exact) mass is 398 g/mol. The largest absolute Gasteiger partial charge is 0.343 e. The smallest absolute Gasteiger partial charge is 0.224 e. The number of carbonyl (C=O) groups is 1. The van der Waals surface area contributed by atoms with Crippen molar-refractivity contribution < 1.29 is 21.6 Å². The van der Waals surface area contributed by atoms with Gasteiger partial charge in [0.15, 0.2) is 19.7 Å². The van der Waals surface area contributed by atoms with Crippen LogP contribution in [0.25, 0.3) is 0 Å².